The Morgan fingerprint density at radius 1 is 1.36 bits per heavy atom. The second kappa shape index (κ2) is 7.81. The molecule has 5 nitrogen and oxygen atoms in total. The number of carbonyl (C=O) groups excluding carboxylic acids is 1. The normalized spacial score (nSPS) is 17.7. The summed E-state index contributed by atoms with van der Waals surface area (Å²) >= 11 is 0. The Balaban J connectivity index is 0.00000121. The summed E-state index contributed by atoms with van der Waals surface area (Å²) in [5, 5.41) is 3.35. The molecule has 1 amide bonds. The van der Waals surface area contributed by atoms with Gasteiger partial charge in [-0.15, -0.1) is 24.8 Å². The van der Waals surface area contributed by atoms with Crippen LogP contribution in [0, 0.1) is 6.92 Å². The van der Waals surface area contributed by atoms with Gasteiger partial charge in [-0.2, -0.15) is 0 Å². The fourth-order valence-corrected chi connectivity index (χ4v) is 2.79. The van der Waals surface area contributed by atoms with Crippen LogP contribution >= 0.6 is 24.8 Å². The van der Waals surface area contributed by atoms with Gasteiger partial charge in [0.2, 0.25) is 5.91 Å². The number of piperazine rings is 1. The Labute approximate surface area is 142 Å². The van der Waals surface area contributed by atoms with Crippen molar-refractivity contribution in [3.05, 3.63) is 30.1 Å². The molecule has 0 bridgehead atoms. The van der Waals surface area contributed by atoms with Crippen molar-refractivity contribution >= 4 is 41.8 Å². The molecule has 2 heterocycles. The van der Waals surface area contributed by atoms with E-state index in [4.69, 9.17) is 0 Å². The summed E-state index contributed by atoms with van der Waals surface area (Å²) < 4.78 is 2.00. The van der Waals surface area contributed by atoms with Gasteiger partial charge in [-0.1, -0.05) is 12.1 Å². The highest BCUT2D eigenvalue weighted by Gasteiger charge is 2.21. The molecule has 0 spiro atoms. The van der Waals surface area contributed by atoms with E-state index in [1.54, 1.807) is 0 Å². The van der Waals surface area contributed by atoms with E-state index in [0.717, 1.165) is 36.5 Å². The van der Waals surface area contributed by atoms with Crippen LogP contribution in [0.1, 0.15) is 12.7 Å². The molecule has 122 valence electrons. The number of nitrogens with zero attached hydrogens (tertiary/aromatic N) is 3. The molecular weight excluding hydrogens is 323 g/mol. The summed E-state index contributed by atoms with van der Waals surface area (Å²) in [5.74, 6) is 1.06. The zero-order chi connectivity index (χ0) is 14.1. The number of fused-ring (bicyclic) bond motifs is 1. The van der Waals surface area contributed by atoms with E-state index in [0.29, 0.717) is 12.6 Å². The van der Waals surface area contributed by atoms with Crippen LogP contribution in [-0.4, -0.2) is 46.0 Å². The van der Waals surface area contributed by atoms with Crippen LogP contribution in [0.25, 0.3) is 11.0 Å². The minimum atomic E-state index is 0. The number of nitrogens with one attached hydrogen (secondary N) is 1. The number of rotatable bonds is 2. The summed E-state index contributed by atoms with van der Waals surface area (Å²) in [6.45, 7) is 6.87. The average molecular weight is 345 g/mol. The molecule has 1 N–H and O–H groups in total. The van der Waals surface area contributed by atoms with E-state index in [1.807, 2.05) is 40.7 Å². The van der Waals surface area contributed by atoms with Gasteiger partial charge in [0.25, 0.3) is 0 Å². The molecule has 0 aliphatic carbocycles. The average Bonchev–Trinajstić information content (AvgIpc) is 2.75. The first kappa shape index (κ1) is 18.7. The molecule has 0 saturated carbocycles. The number of carbonyl (C=O) groups is 1. The fraction of sp³-hybridized carbons (Fsp3) is 0.467. The van der Waals surface area contributed by atoms with Crippen LogP contribution in [0.4, 0.5) is 0 Å². The third-order valence-electron chi connectivity index (χ3n) is 3.86. The predicted octanol–water partition coefficient (Wildman–Crippen LogP) is 2.01. The minimum absolute atomic E-state index is 0. The Hall–Kier alpha value is -1.30. The molecule has 1 atom stereocenters. The van der Waals surface area contributed by atoms with Crippen molar-refractivity contribution < 1.29 is 4.79 Å². The monoisotopic (exact) mass is 344 g/mol. The zero-order valence-electron chi connectivity index (χ0n) is 12.8. The lowest BCUT2D eigenvalue weighted by atomic mass is 10.2. The van der Waals surface area contributed by atoms with Gasteiger partial charge in [0, 0.05) is 25.7 Å². The van der Waals surface area contributed by atoms with E-state index in [9.17, 15) is 4.79 Å². The second-order valence-electron chi connectivity index (χ2n) is 5.43. The van der Waals surface area contributed by atoms with E-state index in [1.165, 1.54) is 0 Å². The predicted molar refractivity (Wildman–Crippen MR) is 93.0 cm³/mol. The van der Waals surface area contributed by atoms with Crippen LogP contribution in [0.2, 0.25) is 0 Å². The lowest BCUT2D eigenvalue weighted by Crippen LogP contribution is -2.52. The number of aryl methyl sites for hydroxylation is 1. The standard InChI is InChI=1S/C15H20N4O.2ClH/c1-11-9-18(8-7-16-11)15(20)10-19-12(2)17-13-5-3-4-6-14(13)19;;/h3-6,11,16H,7-10H2,1-2H3;2*1H. The van der Waals surface area contributed by atoms with Crippen molar-refractivity contribution in [1.82, 2.24) is 19.8 Å². The van der Waals surface area contributed by atoms with E-state index >= 15 is 0 Å². The Bertz CT molecular complexity index is 644. The minimum Gasteiger partial charge on any atom is -0.338 e. The SMILES string of the molecule is Cc1nc2ccccc2n1CC(=O)N1CCNC(C)C1.Cl.Cl. The summed E-state index contributed by atoms with van der Waals surface area (Å²) in [6, 6.07) is 8.32. The Kier molecular flexibility index (Phi) is 6.66. The van der Waals surface area contributed by atoms with Crippen molar-refractivity contribution in [2.24, 2.45) is 0 Å². The molecule has 1 saturated heterocycles. The highest BCUT2D eigenvalue weighted by Crippen LogP contribution is 2.15. The number of para-hydroxylation sites is 2. The smallest absolute Gasteiger partial charge is 0.242 e. The second-order valence-corrected chi connectivity index (χ2v) is 5.43. The molecule has 2 aromatic rings. The summed E-state index contributed by atoms with van der Waals surface area (Å²) in [6.07, 6.45) is 0. The molecule has 1 aliphatic rings. The summed E-state index contributed by atoms with van der Waals surface area (Å²) in [7, 11) is 0. The largest absolute Gasteiger partial charge is 0.338 e. The molecular formula is C15H22Cl2N4O. The summed E-state index contributed by atoms with van der Waals surface area (Å²) in [4.78, 5) is 18.9. The van der Waals surface area contributed by atoms with Crippen LogP contribution in [0.5, 0.6) is 0 Å². The number of imidazole rings is 1. The highest BCUT2D eigenvalue weighted by atomic mass is 35.5. The van der Waals surface area contributed by atoms with Gasteiger partial charge in [-0.25, -0.2) is 4.98 Å². The molecule has 3 rings (SSSR count). The van der Waals surface area contributed by atoms with Gasteiger partial charge in [0.15, 0.2) is 0 Å². The molecule has 1 unspecified atom stereocenters. The molecule has 1 aliphatic heterocycles. The van der Waals surface area contributed by atoms with Gasteiger partial charge in [-0.3, -0.25) is 4.79 Å². The number of aromatic nitrogens is 2. The first-order valence-electron chi connectivity index (χ1n) is 7.08. The van der Waals surface area contributed by atoms with E-state index in [2.05, 4.69) is 17.2 Å². The maximum absolute atomic E-state index is 12.5. The van der Waals surface area contributed by atoms with Crippen LogP contribution in [0.3, 0.4) is 0 Å². The van der Waals surface area contributed by atoms with Crippen LogP contribution < -0.4 is 5.32 Å². The van der Waals surface area contributed by atoms with Gasteiger partial charge >= 0.3 is 0 Å². The third-order valence-corrected chi connectivity index (χ3v) is 3.86. The lowest BCUT2D eigenvalue weighted by molar-refractivity contribution is -0.132. The van der Waals surface area contributed by atoms with Crippen molar-refractivity contribution in [2.75, 3.05) is 19.6 Å². The maximum atomic E-state index is 12.5. The maximum Gasteiger partial charge on any atom is 0.242 e. The quantitative estimate of drug-likeness (QED) is 0.906. The summed E-state index contributed by atoms with van der Waals surface area (Å²) in [5.41, 5.74) is 1.98. The lowest BCUT2D eigenvalue weighted by Gasteiger charge is -2.32. The van der Waals surface area contributed by atoms with Crippen LogP contribution in [-0.2, 0) is 11.3 Å². The van der Waals surface area contributed by atoms with Gasteiger partial charge < -0.3 is 14.8 Å². The molecule has 7 heteroatoms. The van der Waals surface area contributed by atoms with Gasteiger partial charge in [0.05, 0.1) is 11.0 Å². The van der Waals surface area contributed by atoms with E-state index in [-0.39, 0.29) is 30.7 Å². The highest BCUT2D eigenvalue weighted by molar-refractivity contribution is 5.85. The third kappa shape index (κ3) is 3.72. The number of hydrogen-bond acceptors (Lipinski definition) is 3. The first-order valence-corrected chi connectivity index (χ1v) is 7.08. The molecule has 1 aromatic carbocycles. The number of amides is 1. The molecule has 1 fully saturated rings. The van der Waals surface area contributed by atoms with Crippen molar-refractivity contribution in [3.63, 3.8) is 0 Å². The van der Waals surface area contributed by atoms with Gasteiger partial charge in [-0.05, 0) is 26.0 Å². The van der Waals surface area contributed by atoms with Crippen molar-refractivity contribution in [3.8, 4) is 0 Å². The number of halogens is 2. The number of benzene rings is 1. The first-order chi connectivity index (χ1) is 9.65. The Morgan fingerprint density at radius 3 is 2.82 bits per heavy atom. The number of hydrogen-bond donors (Lipinski definition) is 1. The van der Waals surface area contributed by atoms with E-state index < -0.39 is 0 Å². The topological polar surface area (TPSA) is 50.2 Å². The Morgan fingerprint density at radius 2 is 2.09 bits per heavy atom. The molecule has 0 radical (unpaired) electrons. The molecule has 1 aromatic heterocycles. The van der Waals surface area contributed by atoms with Gasteiger partial charge in [0.1, 0.15) is 12.4 Å². The van der Waals surface area contributed by atoms with Crippen LogP contribution in [0.15, 0.2) is 24.3 Å². The van der Waals surface area contributed by atoms with Crippen molar-refractivity contribution in [2.45, 2.75) is 26.4 Å². The molecule has 22 heavy (non-hydrogen) atoms. The zero-order valence-corrected chi connectivity index (χ0v) is 14.4. The fourth-order valence-electron chi connectivity index (χ4n) is 2.79. The van der Waals surface area contributed by atoms with Crippen molar-refractivity contribution in [1.29, 1.82) is 0 Å².